The number of hydrogen-bond donors (Lipinski definition) is 2. The van der Waals surface area contributed by atoms with Gasteiger partial charge in [0.15, 0.2) is 0 Å². The summed E-state index contributed by atoms with van der Waals surface area (Å²) in [6.45, 7) is 3.39. The van der Waals surface area contributed by atoms with Crippen LogP contribution in [0, 0.1) is 23.1 Å². The molecular weight excluding hydrogens is 846 g/mol. The average Bonchev–Trinajstić information content (AvgIpc) is 4.16. The Bertz CT molecular complexity index is 1940. The van der Waals surface area contributed by atoms with Gasteiger partial charge in [-0.15, -0.1) is 0 Å². The minimum Gasteiger partial charge on any atom is -0.474 e. The zero-order valence-electron chi connectivity index (χ0n) is 37.3. The number of carbonyl (C=O) groups excluding carboxylic acids is 6. The maximum Gasteiger partial charge on any atom is 0.403 e. The second-order valence-corrected chi connectivity index (χ2v) is 18.8. The molecule has 6 rings (SSSR count). The van der Waals surface area contributed by atoms with E-state index in [1.165, 1.54) is 34.9 Å². The Hall–Kier alpha value is -4.84. The Kier molecular flexibility index (Phi) is 15.3. The zero-order valence-corrected chi connectivity index (χ0v) is 37.3. The predicted molar refractivity (Wildman–Crippen MR) is 223 cm³/mol. The van der Waals surface area contributed by atoms with Crippen LogP contribution in [0.5, 0.6) is 5.88 Å². The maximum atomic E-state index is 14.9. The van der Waals surface area contributed by atoms with Crippen LogP contribution in [0.1, 0.15) is 103 Å². The Balaban J connectivity index is 1.24. The van der Waals surface area contributed by atoms with E-state index >= 15 is 0 Å². The van der Waals surface area contributed by atoms with Crippen LogP contribution in [0.2, 0.25) is 0 Å². The number of hydrogen-bond acceptors (Lipinski definition) is 8. The largest absolute Gasteiger partial charge is 0.474 e. The number of halogens is 5. The fourth-order valence-corrected chi connectivity index (χ4v) is 8.90. The maximum absolute atomic E-state index is 14.9. The van der Waals surface area contributed by atoms with Gasteiger partial charge < -0.3 is 35.0 Å². The number of alkyl halides is 4. The lowest BCUT2D eigenvalue weighted by atomic mass is 9.67. The smallest absolute Gasteiger partial charge is 0.403 e. The molecule has 2 N–H and O–H groups in total. The van der Waals surface area contributed by atoms with Crippen LogP contribution in [0.3, 0.4) is 0 Å². The van der Waals surface area contributed by atoms with E-state index in [-0.39, 0.29) is 49.5 Å². The molecule has 0 unspecified atom stereocenters. The van der Waals surface area contributed by atoms with E-state index < -0.39 is 115 Å². The monoisotopic (exact) mass is 907 g/mol. The lowest BCUT2D eigenvalue weighted by molar-refractivity contribution is -0.248. The molecule has 1 aromatic heterocycles. The van der Waals surface area contributed by atoms with Crippen LogP contribution < -0.4 is 15.4 Å². The van der Waals surface area contributed by atoms with Crippen molar-refractivity contribution >= 4 is 35.4 Å². The summed E-state index contributed by atoms with van der Waals surface area (Å²) in [5, 5.41) is 5.48. The number of amides is 6. The summed E-state index contributed by atoms with van der Waals surface area (Å²) in [5.41, 5.74) is -2.38. The first-order valence-corrected chi connectivity index (χ1v) is 22.6. The van der Waals surface area contributed by atoms with Crippen molar-refractivity contribution in [1.82, 2.24) is 35.2 Å². The highest BCUT2D eigenvalue weighted by Gasteiger charge is 2.66. The molecule has 354 valence electrons. The van der Waals surface area contributed by atoms with Crippen molar-refractivity contribution in [1.29, 1.82) is 0 Å². The van der Waals surface area contributed by atoms with Gasteiger partial charge in [0, 0.05) is 46.1 Å². The van der Waals surface area contributed by atoms with Crippen LogP contribution in [0.4, 0.5) is 22.0 Å². The molecule has 0 aromatic carbocycles. The van der Waals surface area contributed by atoms with E-state index in [0.717, 1.165) is 19.0 Å². The van der Waals surface area contributed by atoms with Crippen molar-refractivity contribution in [2.45, 2.75) is 152 Å². The highest BCUT2D eigenvalue weighted by molar-refractivity contribution is 5.97. The number of carbonyl (C=O) groups is 6. The Morgan fingerprint density at radius 1 is 1.03 bits per heavy atom. The summed E-state index contributed by atoms with van der Waals surface area (Å²) in [6.07, 6.45) is 1.16. The first-order valence-electron chi connectivity index (χ1n) is 22.6. The van der Waals surface area contributed by atoms with Gasteiger partial charge in [0.25, 0.3) is 0 Å². The first kappa shape index (κ1) is 48.6. The lowest BCUT2D eigenvalue weighted by Gasteiger charge is -2.44. The fraction of sp³-hybridized carbons (Fsp3) is 0.711. The van der Waals surface area contributed by atoms with Gasteiger partial charge in [0.2, 0.25) is 41.3 Å². The van der Waals surface area contributed by atoms with Gasteiger partial charge in [-0.05, 0) is 88.5 Å². The van der Waals surface area contributed by atoms with Gasteiger partial charge >= 0.3 is 6.18 Å². The minimum absolute atomic E-state index is 0.0170. The molecule has 1 aromatic rings. The summed E-state index contributed by atoms with van der Waals surface area (Å²) in [6, 6.07) is -5.10. The molecule has 0 spiro atoms. The van der Waals surface area contributed by atoms with Gasteiger partial charge in [0.05, 0.1) is 12.7 Å². The van der Waals surface area contributed by atoms with E-state index in [1.54, 1.807) is 13.1 Å². The van der Waals surface area contributed by atoms with Crippen LogP contribution in [-0.2, 0) is 35.2 Å². The van der Waals surface area contributed by atoms with Crippen molar-refractivity contribution in [3.63, 3.8) is 0 Å². The molecule has 6 amide bonds. The fourth-order valence-electron chi connectivity index (χ4n) is 8.90. The van der Waals surface area contributed by atoms with Crippen LogP contribution in [0.15, 0.2) is 24.4 Å². The average molecular weight is 908 g/mol. The highest BCUT2D eigenvalue weighted by atomic mass is 19.4. The molecule has 19 heteroatoms. The number of likely N-dealkylation sites (N-methyl/N-ethyl adjacent to an activating group) is 3. The number of aromatic nitrogens is 1. The van der Waals surface area contributed by atoms with E-state index in [2.05, 4.69) is 15.6 Å². The molecule has 0 bridgehead atoms. The number of rotatable bonds is 12. The summed E-state index contributed by atoms with van der Waals surface area (Å²) >= 11 is 0. The number of ether oxygens (including phenoxy) is 1. The normalized spacial score (nSPS) is 27.1. The van der Waals surface area contributed by atoms with Gasteiger partial charge in [-0.25, -0.2) is 13.8 Å². The van der Waals surface area contributed by atoms with Gasteiger partial charge in [-0.2, -0.15) is 13.2 Å². The van der Waals surface area contributed by atoms with Gasteiger partial charge in [-0.3, -0.25) is 28.8 Å². The van der Waals surface area contributed by atoms with Crippen LogP contribution >= 0.6 is 0 Å². The number of pyridine rings is 1. The second-order valence-electron chi connectivity index (χ2n) is 18.8. The van der Waals surface area contributed by atoms with E-state index in [9.17, 15) is 50.7 Å². The molecule has 0 radical (unpaired) electrons. The molecule has 14 nitrogen and oxygen atoms in total. The molecular formula is C45H62F5N7O7. The molecule has 5 aliphatic rings. The number of allylic oxidation sites excluding steroid dienone is 1. The molecule has 6 atom stereocenters. The SMILES string of the molecule is CC(C)C[C@@H]1NC(=O)[C@@H](N(C)C(=O)[C@@H](NC(=O)[C@@H]2C[C@@H](F)CN2C(=O)C2(C(F)(F)F)CCC2)C2CC2)C/C=C/CCCCN(C)C(=O)[C@H](Cc2cc(F)cnc2OC2CC2)N(C)C1=O. The van der Waals surface area contributed by atoms with E-state index in [4.69, 9.17) is 4.74 Å². The van der Waals surface area contributed by atoms with Crippen molar-refractivity contribution < 1.29 is 55.5 Å². The summed E-state index contributed by atoms with van der Waals surface area (Å²) in [5.74, 6) is -5.66. The number of nitrogens with zero attached hydrogens (tertiary/aromatic N) is 5. The standard InChI is InChI=1S/C45H62F5N7O7/c1-26(2)20-32-40(60)56(5)35(22-28-21-29(46)24-51-39(28)64-31-15-16-31)41(61)54(3)19-10-8-6-7-9-12-33(37(58)52-32)55(4)42(62)36(27-13-14-27)53-38(59)34-23-30(47)25-57(34)43(63)44(17-11-18-44)45(48,49)50/h7,9,21,24,26-27,30-36H,6,8,10-20,22-23,25H2,1-5H3,(H,52,58)(H,53,59)/b9-7+/t30-,32+,33+,34+,35+,36+/m1/s1. The van der Waals surface area contributed by atoms with E-state index in [1.807, 2.05) is 19.9 Å². The van der Waals surface area contributed by atoms with Crippen molar-refractivity contribution in [3.05, 3.63) is 35.8 Å². The van der Waals surface area contributed by atoms with Crippen molar-refractivity contribution in [3.8, 4) is 5.88 Å². The van der Waals surface area contributed by atoms with Crippen LogP contribution in [-0.4, -0.2) is 143 Å². The third-order valence-corrected chi connectivity index (χ3v) is 13.3. The third kappa shape index (κ3) is 11.1. The molecule has 2 aliphatic heterocycles. The Labute approximate surface area is 371 Å². The predicted octanol–water partition coefficient (Wildman–Crippen LogP) is 4.64. The molecule has 4 fully saturated rings. The topological polar surface area (TPSA) is 162 Å². The molecule has 3 aliphatic carbocycles. The Morgan fingerprint density at radius 3 is 2.34 bits per heavy atom. The quantitative estimate of drug-likeness (QED) is 0.227. The van der Waals surface area contributed by atoms with Crippen molar-refractivity contribution in [2.75, 3.05) is 34.2 Å². The zero-order chi connectivity index (χ0) is 46.7. The first-order chi connectivity index (χ1) is 30.2. The summed E-state index contributed by atoms with van der Waals surface area (Å²) < 4.78 is 77.9. The third-order valence-electron chi connectivity index (χ3n) is 13.3. The second kappa shape index (κ2) is 20.1. The van der Waals surface area contributed by atoms with Gasteiger partial charge in [-0.1, -0.05) is 32.4 Å². The number of likely N-dealkylation sites (tertiary alicyclic amines) is 1. The Morgan fingerprint density at radius 2 is 1.73 bits per heavy atom. The van der Waals surface area contributed by atoms with E-state index in [0.29, 0.717) is 49.1 Å². The molecule has 1 saturated heterocycles. The lowest BCUT2D eigenvalue weighted by Crippen LogP contribution is -2.61. The molecule has 3 saturated carbocycles. The van der Waals surface area contributed by atoms with Crippen molar-refractivity contribution in [2.24, 2.45) is 17.3 Å². The van der Waals surface area contributed by atoms with Gasteiger partial charge in [0.1, 0.15) is 53.7 Å². The minimum atomic E-state index is -4.88. The highest BCUT2D eigenvalue weighted by Crippen LogP contribution is 2.54. The molecule has 64 heavy (non-hydrogen) atoms. The summed E-state index contributed by atoms with van der Waals surface area (Å²) in [7, 11) is 4.48. The van der Waals surface area contributed by atoms with Crippen LogP contribution in [0.25, 0.3) is 0 Å². The number of nitrogens with one attached hydrogen (secondary N) is 2. The molecule has 3 heterocycles. The summed E-state index contributed by atoms with van der Waals surface area (Å²) in [4.78, 5) is 93.7.